The summed E-state index contributed by atoms with van der Waals surface area (Å²) in [6.45, 7) is 0.169. The summed E-state index contributed by atoms with van der Waals surface area (Å²) in [5, 5.41) is 3.91. The van der Waals surface area contributed by atoms with Crippen LogP contribution >= 0.6 is 11.3 Å². The minimum absolute atomic E-state index is 0.169. The summed E-state index contributed by atoms with van der Waals surface area (Å²) in [6, 6.07) is 9.09. The van der Waals surface area contributed by atoms with Crippen molar-refractivity contribution in [1.82, 2.24) is 5.32 Å². The second kappa shape index (κ2) is 6.84. The molecule has 7 heteroatoms. The normalized spacial score (nSPS) is 17.2. The molecule has 1 N–H and O–H groups in total. The molecule has 0 fully saturated rings. The molecule has 24 heavy (non-hydrogen) atoms. The molecule has 2 aromatic rings. The first-order chi connectivity index (χ1) is 11.4. The van der Waals surface area contributed by atoms with E-state index in [-0.39, 0.29) is 12.6 Å². The molecule has 1 atom stereocenters. The summed E-state index contributed by atoms with van der Waals surface area (Å²) in [4.78, 5) is 12.5. The molecule has 128 valence electrons. The van der Waals surface area contributed by atoms with E-state index in [0.717, 1.165) is 16.9 Å². The highest BCUT2D eigenvalue weighted by molar-refractivity contribution is 7.10. The van der Waals surface area contributed by atoms with Crippen molar-refractivity contribution in [1.29, 1.82) is 0 Å². The van der Waals surface area contributed by atoms with Gasteiger partial charge in [-0.15, -0.1) is 11.3 Å². The predicted octanol–water partition coefficient (Wildman–Crippen LogP) is 4.55. The number of alkyl halides is 3. The molecule has 1 heterocycles. The van der Waals surface area contributed by atoms with Gasteiger partial charge in [-0.05, 0) is 24.0 Å². The molecule has 0 spiro atoms. The van der Waals surface area contributed by atoms with Crippen molar-refractivity contribution in [2.75, 3.05) is 0 Å². The van der Waals surface area contributed by atoms with E-state index in [1.54, 1.807) is 0 Å². The zero-order valence-corrected chi connectivity index (χ0v) is 13.5. The summed E-state index contributed by atoms with van der Waals surface area (Å²) in [5.41, 5.74) is 0.725. The van der Waals surface area contributed by atoms with Gasteiger partial charge < -0.3 is 10.1 Å². The molecule has 3 nitrogen and oxygen atoms in total. The van der Waals surface area contributed by atoms with Gasteiger partial charge in [0, 0.05) is 22.7 Å². The third-order valence-corrected chi connectivity index (χ3v) is 5.05. The second-order valence-corrected chi connectivity index (χ2v) is 6.66. The molecule has 1 aliphatic rings. The van der Waals surface area contributed by atoms with E-state index in [0.29, 0.717) is 29.7 Å². The van der Waals surface area contributed by atoms with Crippen LogP contribution in [0.1, 0.15) is 28.0 Å². The number of hydrogen-bond acceptors (Lipinski definition) is 3. The van der Waals surface area contributed by atoms with E-state index in [2.05, 4.69) is 5.32 Å². The predicted molar refractivity (Wildman–Crippen MR) is 84.9 cm³/mol. The molecule has 0 aliphatic heterocycles. The largest absolute Gasteiger partial charge is 0.445 e. The lowest BCUT2D eigenvalue weighted by Crippen LogP contribution is -2.39. The van der Waals surface area contributed by atoms with Crippen LogP contribution in [0.25, 0.3) is 0 Å². The number of nitrogens with one attached hydrogen (secondary N) is 1. The number of hydrogen-bond donors (Lipinski definition) is 1. The number of thiophene rings is 1. The van der Waals surface area contributed by atoms with Crippen LogP contribution in [0.5, 0.6) is 0 Å². The van der Waals surface area contributed by atoms with Crippen molar-refractivity contribution >= 4 is 17.4 Å². The van der Waals surface area contributed by atoms with Crippen LogP contribution < -0.4 is 5.32 Å². The van der Waals surface area contributed by atoms with E-state index < -0.39 is 17.8 Å². The number of ether oxygens (including phenoxy) is 1. The molecular formula is C17H16F3NO2S. The Kier molecular flexibility index (Phi) is 4.80. The van der Waals surface area contributed by atoms with Crippen LogP contribution in [-0.4, -0.2) is 12.1 Å². The second-order valence-electron chi connectivity index (χ2n) is 5.69. The SMILES string of the molecule is O=C(N[C@@H]1CCc2c(C(F)(F)F)csc2C1)OCc1ccccc1. The first kappa shape index (κ1) is 16.8. The van der Waals surface area contributed by atoms with Gasteiger partial charge in [0.1, 0.15) is 6.61 Å². The maximum Gasteiger partial charge on any atom is 0.417 e. The Morgan fingerprint density at radius 1 is 1.29 bits per heavy atom. The van der Waals surface area contributed by atoms with Gasteiger partial charge in [-0.2, -0.15) is 13.2 Å². The van der Waals surface area contributed by atoms with E-state index in [1.165, 1.54) is 5.38 Å². The minimum atomic E-state index is -4.31. The van der Waals surface area contributed by atoms with Crippen LogP contribution in [0, 0.1) is 0 Å². The lowest BCUT2D eigenvalue weighted by atomic mass is 9.92. The zero-order valence-electron chi connectivity index (χ0n) is 12.7. The van der Waals surface area contributed by atoms with Crippen LogP contribution in [0.4, 0.5) is 18.0 Å². The van der Waals surface area contributed by atoms with Gasteiger partial charge in [0.25, 0.3) is 0 Å². The van der Waals surface area contributed by atoms with Crippen molar-refractivity contribution in [3.8, 4) is 0 Å². The number of benzene rings is 1. The average Bonchev–Trinajstić information content (AvgIpc) is 2.97. The van der Waals surface area contributed by atoms with Gasteiger partial charge in [-0.25, -0.2) is 4.79 Å². The third-order valence-electron chi connectivity index (χ3n) is 4.00. The lowest BCUT2D eigenvalue weighted by Gasteiger charge is -2.24. The maximum absolute atomic E-state index is 12.9. The molecule has 1 aromatic carbocycles. The molecule has 0 saturated heterocycles. The van der Waals surface area contributed by atoms with Gasteiger partial charge in [0.2, 0.25) is 0 Å². The molecule has 0 unspecified atom stereocenters. The van der Waals surface area contributed by atoms with E-state index in [4.69, 9.17) is 4.74 Å². The van der Waals surface area contributed by atoms with E-state index >= 15 is 0 Å². The zero-order chi connectivity index (χ0) is 17.2. The average molecular weight is 355 g/mol. The summed E-state index contributed by atoms with van der Waals surface area (Å²) >= 11 is 1.11. The van der Waals surface area contributed by atoms with Gasteiger partial charge in [-0.1, -0.05) is 30.3 Å². The first-order valence-corrected chi connectivity index (χ1v) is 8.45. The van der Waals surface area contributed by atoms with Gasteiger partial charge in [0.05, 0.1) is 5.56 Å². The highest BCUT2D eigenvalue weighted by Crippen LogP contribution is 2.39. The fourth-order valence-corrected chi connectivity index (χ4v) is 3.99. The monoisotopic (exact) mass is 355 g/mol. The Bertz CT molecular complexity index is 712. The Morgan fingerprint density at radius 2 is 2.04 bits per heavy atom. The highest BCUT2D eigenvalue weighted by atomic mass is 32.1. The highest BCUT2D eigenvalue weighted by Gasteiger charge is 2.37. The Hall–Kier alpha value is -2.02. The van der Waals surface area contributed by atoms with Crippen molar-refractivity contribution in [3.63, 3.8) is 0 Å². The van der Waals surface area contributed by atoms with Crippen molar-refractivity contribution < 1.29 is 22.7 Å². The summed E-state index contributed by atoms with van der Waals surface area (Å²) in [5.74, 6) is 0. The molecule has 1 aliphatic carbocycles. The summed E-state index contributed by atoms with van der Waals surface area (Å²) in [7, 11) is 0. The van der Waals surface area contributed by atoms with Crippen LogP contribution in [0.15, 0.2) is 35.7 Å². The molecule has 0 saturated carbocycles. The van der Waals surface area contributed by atoms with Gasteiger partial charge >= 0.3 is 12.3 Å². The van der Waals surface area contributed by atoms with Crippen molar-refractivity contribution in [3.05, 3.63) is 57.3 Å². The number of amides is 1. The maximum atomic E-state index is 12.9. The van der Waals surface area contributed by atoms with E-state index in [9.17, 15) is 18.0 Å². The number of carbonyl (C=O) groups excluding carboxylic acids is 1. The number of rotatable bonds is 3. The summed E-state index contributed by atoms with van der Waals surface area (Å²) in [6.07, 6.45) is -3.64. The Labute approximate surface area is 141 Å². The minimum Gasteiger partial charge on any atom is -0.445 e. The first-order valence-electron chi connectivity index (χ1n) is 7.57. The number of fused-ring (bicyclic) bond motifs is 1. The lowest BCUT2D eigenvalue weighted by molar-refractivity contribution is -0.138. The van der Waals surface area contributed by atoms with Gasteiger partial charge in [0.15, 0.2) is 0 Å². The topological polar surface area (TPSA) is 38.3 Å². The van der Waals surface area contributed by atoms with Crippen LogP contribution in [-0.2, 0) is 30.4 Å². The fourth-order valence-electron chi connectivity index (χ4n) is 2.80. The third kappa shape index (κ3) is 3.90. The Balaban J connectivity index is 1.54. The number of halogens is 3. The van der Waals surface area contributed by atoms with Crippen molar-refractivity contribution in [2.24, 2.45) is 0 Å². The standard InChI is InChI=1S/C17H16F3NO2S/c18-17(19,20)14-10-24-15-8-12(6-7-13(14)15)21-16(22)23-9-11-4-2-1-3-5-11/h1-5,10,12H,6-9H2,(H,21,22)/t12-/m1/s1. The smallest absolute Gasteiger partial charge is 0.417 e. The molecule has 0 bridgehead atoms. The summed E-state index contributed by atoms with van der Waals surface area (Å²) < 4.78 is 43.8. The molecule has 3 rings (SSSR count). The number of alkyl carbamates (subject to hydrolysis) is 1. The van der Waals surface area contributed by atoms with Gasteiger partial charge in [-0.3, -0.25) is 0 Å². The van der Waals surface area contributed by atoms with Crippen LogP contribution in [0.3, 0.4) is 0 Å². The Morgan fingerprint density at radius 3 is 2.75 bits per heavy atom. The van der Waals surface area contributed by atoms with E-state index in [1.807, 2.05) is 30.3 Å². The fraction of sp³-hybridized carbons (Fsp3) is 0.353. The quantitative estimate of drug-likeness (QED) is 0.877. The molecule has 1 aromatic heterocycles. The molecular weight excluding hydrogens is 339 g/mol. The van der Waals surface area contributed by atoms with Crippen LogP contribution in [0.2, 0.25) is 0 Å². The number of carbonyl (C=O) groups is 1. The molecule has 0 radical (unpaired) electrons. The molecule has 1 amide bonds. The van der Waals surface area contributed by atoms with Crippen molar-refractivity contribution in [2.45, 2.75) is 38.1 Å².